The summed E-state index contributed by atoms with van der Waals surface area (Å²) in [5, 5.41) is 6.93. The number of rotatable bonds is 2. The first kappa shape index (κ1) is 15.9. The van der Waals surface area contributed by atoms with Crippen molar-refractivity contribution in [2.75, 3.05) is 18.8 Å². The van der Waals surface area contributed by atoms with Crippen LogP contribution in [0.5, 0.6) is 0 Å². The van der Waals surface area contributed by atoms with E-state index in [-0.39, 0.29) is 12.8 Å². The average Bonchev–Trinajstić information content (AvgIpc) is 2.98. The zero-order chi connectivity index (χ0) is 17.1. The van der Waals surface area contributed by atoms with Crippen LogP contribution in [0.25, 0.3) is 0 Å². The Morgan fingerprint density at radius 2 is 2.00 bits per heavy atom. The number of nitrogens with two attached hydrogens (primary N) is 1. The molecule has 1 aliphatic carbocycles. The predicted octanol–water partition coefficient (Wildman–Crippen LogP) is 1.93. The first-order chi connectivity index (χ1) is 11.3. The number of fused-ring (bicyclic) bond motifs is 1. The van der Waals surface area contributed by atoms with Gasteiger partial charge in [0.25, 0.3) is 5.91 Å². The molecule has 24 heavy (non-hydrogen) atoms. The van der Waals surface area contributed by atoms with Gasteiger partial charge in [-0.2, -0.15) is 5.10 Å². The molecule has 0 spiro atoms. The molecule has 2 aliphatic heterocycles. The number of nitrogens with one attached hydrogen (secondary N) is 1. The van der Waals surface area contributed by atoms with E-state index in [4.69, 9.17) is 5.73 Å². The Morgan fingerprint density at radius 3 is 2.54 bits per heavy atom. The lowest BCUT2D eigenvalue weighted by Gasteiger charge is -2.45. The van der Waals surface area contributed by atoms with Gasteiger partial charge in [0.05, 0.1) is 17.8 Å². The Kier molecular flexibility index (Phi) is 3.43. The predicted molar refractivity (Wildman–Crippen MR) is 88.9 cm³/mol. The van der Waals surface area contributed by atoms with Crippen molar-refractivity contribution in [1.29, 1.82) is 0 Å². The van der Waals surface area contributed by atoms with Gasteiger partial charge in [-0.15, -0.1) is 0 Å². The first-order valence-corrected chi connectivity index (χ1v) is 8.91. The molecule has 1 amide bonds. The van der Waals surface area contributed by atoms with Crippen LogP contribution in [0.1, 0.15) is 57.2 Å². The molecule has 3 heterocycles. The monoisotopic (exact) mass is 335 g/mol. The molecular weight excluding hydrogens is 309 g/mol. The summed E-state index contributed by atoms with van der Waals surface area (Å²) < 4.78 is 15.5. The summed E-state index contributed by atoms with van der Waals surface area (Å²) in [4.78, 5) is 17.0. The maximum Gasteiger partial charge on any atom is 0.261 e. The summed E-state index contributed by atoms with van der Waals surface area (Å²) in [5.41, 5.74) is 5.15. The van der Waals surface area contributed by atoms with Crippen molar-refractivity contribution < 1.29 is 9.18 Å². The van der Waals surface area contributed by atoms with Crippen molar-refractivity contribution in [3.05, 3.63) is 11.3 Å². The van der Waals surface area contributed by atoms with E-state index in [1.54, 1.807) is 4.90 Å². The zero-order valence-electron chi connectivity index (χ0n) is 14.4. The molecule has 7 heteroatoms. The van der Waals surface area contributed by atoms with Gasteiger partial charge in [0.15, 0.2) is 11.5 Å². The minimum absolute atomic E-state index is 0.288. The van der Waals surface area contributed by atoms with Gasteiger partial charge in [0.1, 0.15) is 0 Å². The van der Waals surface area contributed by atoms with Crippen molar-refractivity contribution in [2.24, 2.45) is 0 Å². The number of nitrogens with zero attached hydrogens (tertiary/aromatic N) is 3. The highest BCUT2D eigenvalue weighted by atomic mass is 19.1. The number of carbonyl (C=O) groups excluding carboxylic acids is 1. The second-order valence-corrected chi connectivity index (χ2v) is 8.00. The summed E-state index contributed by atoms with van der Waals surface area (Å²) in [6.07, 6.45) is 4.28. The molecule has 0 unspecified atom stereocenters. The van der Waals surface area contributed by atoms with E-state index in [1.807, 2.05) is 13.8 Å². The van der Waals surface area contributed by atoms with Crippen LogP contribution in [-0.4, -0.2) is 50.7 Å². The molecule has 0 atom stereocenters. The van der Waals surface area contributed by atoms with E-state index in [0.717, 1.165) is 11.3 Å². The fourth-order valence-corrected chi connectivity index (χ4v) is 4.31. The lowest BCUT2D eigenvalue weighted by atomic mass is 9.85. The van der Waals surface area contributed by atoms with Crippen molar-refractivity contribution in [2.45, 2.75) is 69.7 Å². The van der Waals surface area contributed by atoms with Gasteiger partial charge in [0, 0.05) is 37.5 Å². The Hall–Kier alpha value is -1.63. The van der Waals surface area contributed by atoms with E-state index in [1.165, 1.54) is 19.3 Å². The molecule has 4 rings (SSSR count). The van der Waals surface area contributed by atoms with Crippen molar-refractivity contribution in [3.8, 4) is 0 Å². The second kappa shape index (κ2) is 5.18. The number of piperidine rings is 1. The minimum Gasteiger partial charge on any atom is -0.382 e. The topological polar surface area (TPSA) is 78.2 Å². The molecule has 6 nitrogen and oxygen atoms in total. The van der Waals surface area contributed by atoms with E-state index in [0.29, 0.717) is 31.5 Å². The Balaban J connectivity index is 1.50. The fraction of sp³-hybridized carbons (Fsp3) is 0.765. The number of H-pyrrole nitrogens is 1. The van der Waals surface area contributed by atoms with E-state index in [2.05, 4.69) is 15.1 Å². The normalized spacial score (nSPS) is 26.2. The summed E-state index contributed by atoms with van der Waals surface area (Å²) in [7, 11) is 0. The Bertz CT molecular complexity index is 658. The van der Waals surface area contributed by atoms with Gasteiger partial charge < -0.3 is 15.5 Å². The van der Waals surface area contributed by atoms with Crippen LogP contribution < -0.4 is 5.73 Å². The minimum atomic E-state index is -1.76. The van der Waals surface area contributed by atoms with Crippen LogP contribution in [0.3, 0.4) is 0 Å². The molecule has 1 aromatic heterocycles. The first-order valence-electron chi connectivity index (χ1n) is 8.91. The van der Waals surface area contributed by atoms with E-state index < -0.39 is 17.1 Å². The number of aromatic nitrogens is 2. The van der Waals surface area contributed by atoms with Gasteiger partial charge in [0.2, 0.25) is 0 Å². The van der Waals surface area contributed by atoms with Gasteiger partial charge in [-0.25, -0.2) is 4.39 Å². The number of hydrogen-bond acceptors (Lipinski definition) is 4. The number of alkyl halides is 1. The van der Waals surface area contributed by atoms with Crippen molar-refractivity contribution >= 4 is 11.7 Å². The fourth-order valence-electron chi connectivity index (χ4n) is 4.31. The SMILES string of the molecule is CC1(C)c2[nH]nc(N)c2CN1C(=O)C1(F)CCN(C2CCC2)CC1. The van der Waals surface area contributed by atoms with Gasteiger partial charge >= 0.3 is 0 Å². The molecule has 0 radical (unpaired) electrons. The summed E-state index contributed by atoms with van der Waals surface area (Å²) >= 11 is 0. The Morgan fingerprint density at radius 1 is 1.33 bits per heavy atom. The number of carbonyl (C=O) groups is 1. The van der Waals surface area contributed by atoms with Crippen LogP contribution >= 0.6 is 0 Å². The molecule has 0 aromatic carbocycles. The van der Waals surface area contributed by atoms with Gasteiger partial charge in [-0.3, -0.25) is 9.89 Å². The summed E-state index contributed by atoms with van der Waals surface area (Å²) in [6.45, 7) is 5.52. The second-order valence-electron chi connectivity index (χ2n) is 8.00. The molecule has 1 aromatic rings. The molecule has 3 aliphatic rings. The number of nitrogen functional groups attached to an aromatic ring is 1. The van der Waals surface area contributed by atoms with Crippen LogP contribution in [0.15, 0.2) is 0 Å². The van der Waals surface area contributed by atoms with Crippen LogP contribution in [0.4, 0.5) is 10.2 Å². The Labute approximate surface area is 141 Å². The molecule has 2 fully saturated rings. The van der Waals surface area contributed by atoms with Crippen LogP contribution in [0, 0.1) is 0 Å². The summed E-state index contributed by atoms with van der Waals surface area (Å²) in [5.74, 6) is 0.00541. The van der Waals surface area contributed by atoms with Crippen molar-refractivity contribution in [1.82, 2.24) is 20.0 Å². The standard InChI is InChI=1S/C17H26FN5O/c1-16(2)13-12(14(19)21-20-13)10-23(16)15(24)17(18)6-8-22(9-7-17)11-4-3-5-11/h11H,3-10H2,1-2H3,(H3,19,20,21). The number of aromatic amines is 1. The third-order valence-corrected chi connectivity index (χ3v) is 6.31. The van der Waals surface area contributed by atoms with E-state index in [9.17, 15) is 4.79 Å². The third kappa shape index (κ3) is 2.17. The van der Waals surface area contributed by atoms with Crippen LogP contribution in [-0.2, 0) is 16.9 Å². The zero-order valence-corrected chi connectivity index (χ0v) is 14.4. The molecular formula is C17H26FN5O. The maximum atomic E-state index is 15.5. The average molecular weight is 335 g/mol. The molecule has 1 saturated heterocycles. The molecule has 3 N–H and O–H groups in total. The van der Waals surface area contributed by atoms with Crippen molar-refractivity contribution in [3.63, 3.8) is 0 Å². The summed E-state index contributed by atoms with van der Waals surface area (Å²) in [6, 6.07) is 0.610. The lowest BCUT2D eigenvalue weighted by molar-refractivity contribution is -0.154. The molecule has 1 saturated carbocycles. The highest BCUT2D eigenvalue weighted by molar-refractivity contribution is 5.87. The number of amides is 1. The molecule has 132 valence electrons. The number of halogens is 1. The third-order valence-electron chi connectivity index (χ3n) is 6.31. The highest BCUT2D eigenvalue weighted by Crippen LogP contribution is 2.43. The smallest absolute Gasteiger partial charge is 0.261 e. The maximum absolute atomic E-state index is 15.5. The largest absolute Gasteiger partial charge is 0.382 e. The highest BCUT2D eigenvalue weighted by Gasteiger charge is 2.52. The van der Waals surface area contributed by atoms with Gasteiger partial charge in [-0.05, 0) is 26.7 Å². The number of likely N-dealkylation sites (tertiary alicyclic amines) is 1. The number of anilines is 1. The van der Waals surface area contributed by atoms with E-state index >= 15 is 4.39 Å². The quantitative estimate of drug-likeness (QED) is 0.866. The van der Waals surface area contributed by atoms with Crippen LogP contribution in [0.2, 0.25) is 0 Å². The molecule has 0 bridgehead atoms. The lowest BCUT2D eigenvalue weighted by Crippen LogP contribution is -2.56. The number of hydrogen-bond donors (Lipinski definition) is 2. The van der Waals surface area contributed by atoms with Gasteiger partial charge in [-0.1, -0.05) is 6.42 Å².